The lowest BCUT2D eigenvalue weighted by Gasteiger charge is -2.06. The fourth-order valence-electron chi connectivity index (χ4n) is 3.10. The Hall–Kier alpha value is -4.08. The van der Waals surface area contributed by atoms with Crippen LogP contribution in [0.4, 0.5) is 0 Å². The molecule has 2 aromatic carbocycles. The van der Waals surface area contributed by atoms with E-state index in [4.69, 9.17) is 0 Å². The van der Waals surface area contributed by atoms with E-state index >= 15 is 0 Å². The smallest absolute Gasteiger partial charge is 0.240 e. The Morgan fingerprint density at radius 1 is 0.676 bits per heavy atom. The summed E-state index contributed by atoms with van der Waals surface area (Å²) in [5.74, 6) is -0.881. The number of hydrazone groups is 2. The first-order chi connectivity index (χ1) is 16.2. The second kappa shape index (κ2) is 12.8. The van der Waals surface area contributed by atoms with Crippen LogP contribution in [0.3, 0.4) is 0 Å². The van der Waals surface area contributed by atoms with Gasteiger partial charge < -0.3 is 20.4 Å². The van der Waals surface area contributed by atoms with Crippen molar-refractivity contribution in [3.05, 3.63) is 47.5 Å². The highest BCUT2D eigenvalue weighted by atomic mass is 16.3. The summed E-state index contributed by atoms with van der Waals surface area (Å²) in [6.45, 7) is 3.27. The normalized spacial score (nSPS) is 11.8. The second-order valence-corrected chi connectivity index (χ2v) is 7.78. The highest BCUT2D eigenvalue weighted by Crippen LogP contribution is 2.24. The highest BCUT2D eigenvalue weighted by molar-refractivity contribution is 6.02. The van der Waals surface area contributed by atoms with Gasteiger partial charge in [-0.05, 0) is 51.0 Å². The molecule has 182 valence electrons. The van der Waals surface area contributed by atoms with Gasteiger partial charge in [-0.1, -0.05) is 12.8 Å². The van der Waals surface area contributed by atoms with E-state index in [9.17, 15) is 30.0 Å². The quantitative estimate of drug-likeness (QED) is 0.168. The highest BCUT2D eigenvalue weighted by Gasteiger charge is 2.08. The van der Waals surface area contributed by atoms with Gasteiger partial charge in [-0.25, -0.2) is 10.9 Å². The van der Waals surface area contributed by atoms with Crippen molar-refractivity contribution in [3.63, 3.8) is 0 Å². The van der Waals surface area contributed by atoms with Crippen LogP contribution in [-0.4, -0.2) is 43.7 Å². The van der Waals surface area contributed by atoms with Gasteiger partial charge in [0.25, 0.3) is 0 Å². The molecule has 0 atom stereocenters. The number of phenolic OH excluding ortho intramolecular Hbond substituents is 4. The predicted molar refractivity (Wildman–Crippen MR) is 128 cm³/mol. The molecule has 0 spiro atoms. The summed E-state index contributed by atoms with van der Waals surface area (Å²) in [5.41, 5.74) is 6.54. The summed E-state index contributed by atoms with van der Waals surface area (Å²) in [4.78, 5) is 23.9. The maximum absolute atomic E-state index is 11.9. The Bertz CT molecular complexity index is 996. The zero-order valence-electron chi connectivity index (χ0n) is 19.2. The van der Waals surface area contributed by atoms with Gasteiger partial charge in [-0.2, -0.15) is 10.2 Å². The number of unbranched alkanes of at least 4 members (excludes halogenated alkanes) is 3. The number of nitrogens with one attached hydrogen (secondary N) is 2. The number of nitrogens with zero attached hydrogens (tertiary/aromatic N) is 2. The number of phenols is 4. The molecule has 10 heteroatoms. The molecular weight excluding hydrogens is 440 g/mol. The fraction of sp³-hybridized carbons (Fsp3) is 0.333. The lowest BCUT2D eigenvalue weighted by molar-refractivity contribution is -0.122. The van der Waals surface area contributed by atoms with Gasteiger partial charge in [0, 0.05) is 36.1 Å². The van der Waals surface area contributed by atoms with Crippen LogP contribution in [0.1, 0.15) is 63.5 Å². The zero-order chi connectivity index (χ0) is 25.1. The molecule has 2 rings (SSSR count). The molecule has 0 bridgehead atoms. The Morgan fingerprint density at radius 3 is 1.41 bits per heavy atom. The van der Waals surface area contributed by atoms with Crippen LogP contribution >= 0.6 is 0 Å². The van der Waals surface area contributed by atoms with E-state index in [-0.39, 0.29) is 47.7 Å². The van der Waals surface area contributed by atoms with Crippen LogP contribution in [0.15, 0.2) is 46.6 Å². The third-order valence-electron chi connectivity index (χ3n) is 5.00. The average Bonchev–Trinajstić information content (AvgIpc) is 2.78. The topological polar surface area (TPSA) is 164 Å². The molecule has 2 aromatic rings. The van der Waals surface area contributed by atoms with Crippen LogP contribution < -0.4 is 10.9 Å². The van der Waals surface area contributed by atoms with Crippen molar-refractivity contribution in [1.82, 2.24) is 10.9 Å². The molecule has 0 saturated heterocycles. The minimum Gasteiger partial charge on any atom is -0.508 e. The fourth-order valence-corrected chi connectivity index (χ4v) is 3.10. The van der Waals surface area contributed by atoms with Crippen molar-refractivity contribution < 1.29 is 30.0 Å². The maximum atomic E-state index is 11.9. The van der Waals surface area contributed by atoms with Crippen molar-refractivity contribution in [2.24, 2.45) is 10.2 Å². The standard InChI is InChI=1S/C24H30N4O6/c1-15(19-11-9-17(29)13-21(19)31)25-27-23(33)7-5-3-4-6-8-24(34)28-26-16(2)20-12-10-18(30)14-22(20)32/h9-14,29-32H,3-8H2,1-2H3,(H,27,33)(H,28,34)/b25-15+,26-16+. The van der Waals surface area contributed by atoms with Crippen LogP contribution in [0.2, 0.25) is 0 Å². The SMILES string of the molecule is C/C(=N\NC(=O)CCCCCCC(=O)N/N=C(\C)c1ccc(O)cc1O)c1ccc(O)cc1O. The van der Waals surface area contributed by atoms with Gasteiger partial charge in [0.05, 0.1) is 11.4 Å². The van der Waals surface area contributed by atoms with E-state index in [1.165, 1.54) is 36.4 Å². The van der Waals surface area contributed by atoms with Crippen molar-refractivity contribution in [2.75, 3.05) is 0 Å². The molecule has 0 radical (unpaired) electrons. The molecule has 0 aliphatic carbocycles. The Morgan fingerprint density at radius 2 is 1.06 bits per heavy atom. The number of benzene rings is 2. The summed E-state index contributed by atoms with van der Waals surface area (Å²) >= 11 is 0. The van der Waals surface area contributed by atoms with Gasteiger partial charge in [-0.15, -0.1) is 0 Å². The van der Waals surface area contributed by atoms with E-state index in [1.54, 1.807) is 13.8 Å². The summed E-state index contributed by atoms with van der Waals surface area (Å²) < 4.78 is 0. The first kappa shape index (κ1) is 26.2. The van der Waals surface area contributed by atoms with E-state index in [0.717, 1.165) is 12.8 Å². The lowest BCUT2D eigenvalue weighted by Crippen LogP contribution is -2.19. The summed E-state index contributed by atoms with van der Waals surface area (Å²) in [6.07, 6.45) is 3.39. The van der Waals surface area contributed by atoms with Gasteiger partial charge in [0.1, 0.15) is 23.0 Å². The van der Waals surface area contributed by atoms with Gasteiger partial charge in [0.2, 0.25) is 11.8 Å². The molecule has 0 aromatic heterocycles. The Kier molecular flexibility index (Phi) is 9.88. The van der Waals surface area contributed by atoms with Crippen LogP contribution in [-0.2, 0) is 9.59 Å². The molecule has 0 heterocycles. The molecular formula is C24H30N4O6. The molecule has 0 saturated carbocycles. The first-order valence-corrected chi connectivity index (χ1v) is 10.9. The van der Waals surface area contributed by atoms with Gasteiger partial charge in [-0.3, -0.25) is 9.59 Å². The minimum atomic E-state index is -0.252. The van der Waals surface area contributed by atoms with E-state index in [0.29, 0.717) is 35.4 Å². The third-order valence-corrected chi connectivity index (χ3v) is 5.00. The molecule has 10 nitrogen and oxygen atoms in total. The molecule has 0 aliphatic rings. The van der Waals surface area contributed by atoms with Crippen LogP contribution in [0, 0.1) is 0 Å². The minimum absolute atomic E-state index is 0.0622. The molecule has 0 fully saturated rings. The van der Waals surface area contributed by atoms with Crippen molar-refractivity contribution in [1.29, 1.82) is 0 Å². The zero-order valence-corrected chi connectivity index (χ0v) is 19.2. The number of hydrogen-bond acceptors (Lipinski definition) is 8. The van der Waals surface area contributed by atoms with E-state index in [1.807, 2.05) is 0 Å². The molecule has 6 N–H and O–H groups in total. The van der Waals surface area contributed by atoms with Crippen molar-refractivity contribution >= 4 is 23.2 Å². The van der Waals surface area contributed by atoms with Crippen molar-refractivity contribution in [2.45, 2.75) is 52.4 Å². The molecule has 0 aliphatic heterocycles. The summed E-state index contributed by atoms with van der Waals surface area (Å²) in [7, 11) is 0. The second-order valence-electron chi connectivity index (χ2n) is 7.78. The lowest BCUT2D eigenvalue weighted by atomic mass is 10.1. The van der Waals surface area contributed by atoms with Gasteiger partial charge in [0.15, 0.2) is 0 Å². The third kappa shape index (κ3) is 8.45. The van der Waals surface area contributed by atoms with Crippen molar-refractivity contribution in [3.8, 4) is 23.0 Å². The van der Waals surface area contributed by atoms with Gasteiger partial charge >= 0.3 is 0 Å². The van der Waals surface area contributed by atoms with Crippen LogP contribution in [0.5, 0.6) is 23.0 Å². The average molecular weight is 471 g/mol. The number of carbonyl (C=O) groups is 2. The maximum Gasteiger partial charge on any atom is 0.240 e. The largest absolute Gasteiger partial charge is 0.508 e. The summed E-state index contributed by atoms with van der Waals surface area (Å²) in [6, 6.07) is 8.26. The van der Waals surface area contributed by atoms with E-state index < -0.39 is 0 Å². The number of carbonyl (C=O) groups excluding carboxylic acids is 2. The predicted octanol–water partition coefficient (Wildman–Crippen LogP) is 3.23. The number of rotatable bonds is 11. The first-order valence-electron chi connectivity index (χ1n) is 10.9. The Labute approximate surface area is 197 Å². The number of hydrogen-bond donors (Lipinski definition) is 6. The molecule has 0 unspecified atom stereocenters. The molecule has 34 heavy (non-hydrogen) atoms. The van der Waals surface area contributed by atoms with Crippen LogP contribution in [0.25, 0.3) is 0 Å². The monoisotopic (exact) mass is 470 g/mol. The number of aromatic hydroxyl groups is 4. The Balaban J connectivity index is 1.62. The van der Waals surface area contributed by atoms with E-state index in [2.05, 4.69) is 21.1 Å². The molecule has 2 amide bonds. The summed E-state index contributed by atoms with van der Waals surface area (Å²) in [5, 5.41) is 46.2. The number of amides is 2.